The Morgan fingerprint density at radius 2 is 1.83 bits per heavy atom. The third-order valence-corrected chi connectivity index (χ3v) is 3.00. The van der Waals surface area contributed by atoms with Crippen LogP contribution in [0, 0.1) is 0 Å². The monoisotopic (exact) mass is 208 g/mol. The molecular formula is C10H18Cl2. The molecule has 0 saturated heterocycles. The average molecular weight is 209 g/mol. The second kappa shape index (κ2) is 6.80. The van der Waals surface area contributed by atoms with Crippen LogP contribution in [0.5, 0.6) is 0 Å². The maximum absolute atomic E-state index is 6.07. The molecule has 0 heterocycles. The molecule has 0 nitrogen and oxygen atoms in total. The van der Waals surface area contributed by atoms with Gasteiger partial charge in [-0.2, -0.15) is 0 Å². The molecule has 0 aromatic rings. The molecular weight excluding hydrogens is 191 g/mol. The van der Waals surface area contributed by atoms with E-state index in [-0.39, 0.29) is 5.38 Å². The summed E-state index contributed by atoms with van der Waals surface area (Å²) < 4.78 is 0. The van der Waals surface area contributed by atoms with E-state index in [4.69, 9.17) is 23.2 Å². The highest BCUT2D eigenvalue weighted by Gasteiger charge is 2.09. The summed E-state index contributed by atoms with van der Waals surface area (Å²) in [5.74, 6) is 0. The lowest BCUT2D eigenvalue weighted by atomic mass is 10.1. The van der Waals surface area contributed by atoms with Gasteiger partial charge in [-0.05, 0) is 20.3 Å². The van der Waals surface area contributed by atoms with Crippen LogP contribution in [-0.4, -0.2) is 5.38 Å². The second-order valence-corrected chi connectivity index (χ2v) is 4.25. The minimum Gasteiger partial charge on any atom is -0.117 e. The van der Waals surface area contributed by atoms with Crippen LogP contribution in [0.25, 0.3) is 0 Å². The molecule has 12 heavy (non-hydrogen) atoms. The third-order valence-electron chi connectivity index (χ3n) is 1.81. The first-order chi connectivity index (χ1) is 5.59. The Morgan fingerprint density at radius 3 is 2.25 bits per heavy atom. The number of halogens is 2. The Balaban J connectivity index is 3.72. The Bertz CT molecular complexity index is 146. The van der Waals surface area contributed by atoms with Crippen molar-refractivity contribution < 1.29 is 0 Å². The second-order valence-electron chi connectivity index (χ2n) is 3.31. The highest BCUT2D eigenvalue weighted by Crippen LogP contribution is 2.23. The summed E-state index contributed by atoms with van der Waals surface area (Å²) in [7, 11) is 0. The number of alkyl halides is 1. The van der Waals surface area contributed by atoms with Crippen molar-refractivity contribution in [1.29, 1.82) is 0 Å². The van der Waals surface area contributed by atoms with Gasteiger partial charge in [0.05, 0.1) is 5.38 Å². The van der Waals surface area contributed by atoms with Gasteiger partial charge >= 0.3 is 0 Å². The van der Waals surface area contributed by atoms with Gasteiger partial charge in [-0.3, -0.25) is 0 Å². The summed E-state index contributed by atoms with van der Waals surface area (Å²) >= 11 is 12.1. The van der Waals surface area contributed by atoms with Crippen LogP contribution in [0.3, 0.4) is 0 Å². The van der Waals surface area contributed by atoms with Crippen LogP contribution in [0.15, 0.2) is 10.6 Å². The lowest BCUT2D eigenvalue weighted by Gasteiger charge is -2.09. The van der Waals surface area contributed by atoms with Crippen molar-refractivity contribution in [2.24, 2.45) is 0 Å². The molecule has 0 spiro atoms. The molecule has 0 saturated carbocycles. The van der Waals surface area contributed by atoms with Gasteiger partial charge in [0.15, 0.2) is 0 Å². The molecule has 0 aliphatic carbocycles. The summed E-state index contributed by atoms with van der Waals surface area (Å²) in [6.07, 6.45) is 4.65. The van der Waals surface area contributed by atoms with E-state index in [1.165, 1.54) is 19.3 Å². The maximum Gasteiger partial charge on any atom is 0.0691 e. The van der Waals surface area contributed by atoms with Gasteiger partial charge in [0.1, 0.15) is 0 Å². The predicted octanol–water partition coefficient (Wildman–Crippen LogP) is 4.71. The first-order valence-corrected chi connectivity index (χ1v) is 5.38. The molecule has 0 fully saturated rings. The zero-order chi connectivity index (χ0) is 9.56. The highest BCUT2D eigenvalue weighted by molar-refractivity contribution is 6.37. The zero-order valence-corrected chi connectivity index (χ0v) is 9.67. The van der Waals surface area contributed by atoms with Crippen LogP contribution < -0.4 is 0 Å². The first-order valence-electron chi connectivity index (χ1n) is 4.56. The van der Waals surface area contributed by atoms with Gasteiger partial charge in [0, 0.05) is 5.03 Å². The molecule has 0 aliphatic rings. The molecule has 0 aliphatic heterocycles. The van der Waals surface area contributed by atoms with Gasteiger partial charge in [-0.1, -0.05) is 43.4 Å². The lowest BCUT2D eigenvalue weighted by molar-refractivity contribution is 0.673. The van der Waals surface area contributed by atoms with E-state index in [2.05, 4.69) is 6.92 Å². The van der Waals surface area contributed by atoms with Crippen molar-refractivity contribution in [2.75, 3.05) is 0 Å². The van der Waals surface area contributed by atoms with E-state index in [0.29, 0.717) is 0 Å². The molecule has 72 valence electrons. The fourth-order valence-electron chi connectivity index (χ4n) is 1.01. The fourth-order valence-corrected chi connectivity index (χ4v) is 1.50. The molecule has 0 rings (SSSR count). The number of hydrogen-bond acceptors (Lipinski definition) is 0. The van der Waals surface area contributed by atoms with Gasteiger partial charge in [0.25, 0.3) is 0 Å². The largest absolute Gasteiger partial charge is 0.117 e. The summed E-state index contributed by atoms with van der Waals surface area (Å²) in [6.45, 7) is 6.18. The smallest absolute Gasteiger partial charge is 0.0691 e. The topological polar surface area (TPSA) is 0 Å². The first kappa shape index (κ1) is 12.3. The van der Waals surface area contributed by atoms with Gasteiger partial charge in [0.2, 0.25) is 0 Å². The molecule has 0 N–H and O–H groups in total. The van der Waals surface area contributed by atoms with Crippen molar-refractivity contribution in [3.8, 4) is 0 Å². The Kier molecular flexibility index (Phi) is 6.98. The molecule has 0 radical (unpaired) electrons. The Morgan fingerprint density at radius 1 is 1.25 bits per heavy atom. The summed E-state index contributed by atoms with van der Waals surface area (Å²) in [5.41, 5.74) is 1.13. The van der Waals surface area contributed by atoms with E-state index < -0.39 is 0 Å². The minimum absolute atomic E-state index is 0.0308. The van der Waals surface area contributed by atoms with Crippen molar-refractivity contribution in [3.63, 3.8) is 0 Å². The molecule has 0 bridgehead atoms. The Hall–Kier alpha value is 0.320. The van der Waals surface area contributed by atoms with E-state index in [1.54, 1.807) is 0 Å². The number of hydrogen-bond donors (Lipinski definition) is 0. The van der Waals surface area contributed by atoms with Crippen molar-refractivity contribution in [2.45, 2.75) is 51.8 Å². The van der Waals surface area contributed by atoms with Crippen molar-refractivity contribution >= 4 is 23.2 Å². The highest BCUT2D eigenvalue weighted by atomic mass is 35.5. The molecule has 1 unspecified atom stereocenters. The standard InChI is InChI=1S/C10H18Cl2/c1-4-5-6-7-9(11)10(12)8(2)3/h9H,4-7H2,1-3H3. The minimum atomic E-state index is 0.0308. The Labute approximate surface area is 85.9 Å². The van der Waals surface area contributed by atoms with Crippen molar-refractivity contribution in [1.82, 2.24) is 0 Å². The summed E-state index contributed by atoms with van der Waals surface area (Å²) in [4.78, 5) is 0. The van der Waals surface area contributed by atoms with Crippen LogP contribution in [0.1, 0.15) is 46.5 Å². The van der Waals surface area contributed by atoms with E-state index in [9.17, 15) is 0 Å². The summed E-state index contributed by atoms with van der Waals surface area (Å²) in [6, 6.07) is 0. The fraction of sp³-hybridized carbons (Fsp3) is 0.800. The van der Waals surface area contributed by atoms with Crippen LogP contribution in [-0.2, 0) is 0 Å². The molecule has 0 aromatic carbocycles. The van der Waals surface area contributed by atoms with E-state index >= 15 is 0 Å². The number of allylic oxidation sites excluding steroid dienone is 2. The molecule has 0 amide bonds. The SMILES string of the molecule is CCCCCC(Cl)C(Cl)=C(C)C. The van der Waals surface area contributed by atoms with Crippen LogP contribution >= 0.6 is 23.2 Å². The van der Waals surface area contributed by atoms with E-state index in [1.807, 2.05) is 13.8 Å². The van der Waals surface area contributed by atoms with E-state index in [0.717, 1.165) is 17.0 Å². The molecule has 2 heteroatoms. The molecule has 0 aromatic heterocycles. The number of rotatable bonds is 5. The van der Waals surface area contributed by atoms with Crippen LogP contribution in [0.4, 0.5) is 0 Å². The normalized spacial score (nSPS) is 12.8. The molecule has 1 atom stereocenters. The van der Waals surface area contributed by atoms with Gasteiger partial charge in [-0.15, -0.1) is 11.6 Å². The zero-order valence-electron chi connectivity index (χ0n) is 8.16. The van der Waals surface area contributed by atoms with Gasteiger partial charge in [-0.25, -0.2) is 0 Å². The third kappa shape index (κ3) is 5.05. The lowest BCUT2D eigenvalue weighted by Crippen LogP contribution is -1.99. The quantitative estimate of drug-likeness (QED) is 0.454. The summed E-state index contributed by atoms with van der Waals surface area (Å²) in [5, 5.41) is 0.857. The van der Waals surface area contributed by atoms with Crippen LogP contribution in [0.2, 0.25) is 0 Å². The average Bonchev–Trinajstić information content (AvgIpc) is 2.03. The maximum atomic E-state index is 6.07. The van der Waals surface area contributed by atoms with Crippen molar-refractivity contribution in [3.05, 3.63) is 10.6 Å². The van der Waals surface area contributed by atoms with Gasteiger partial charge < -0.3 is 0 Å². The predicted molar refractivity (Wildman–Crippen MR) is 58.0 cm³/mol. The number of unbranched alkanes of at least 4 members (excludes halogenated alkanes) is 2.